The van der Waals surface area contributed by atoms with Crippen LogP contribution in [0, 0.1) is 10.1 Å². The molecular weight excluding hydrogens is 288 g/mol. The number of benzene rings is 1. The first-order valence-corrected chi connectivity index (χ1v) is 7.50. The minimum Gasteiger partial charge on any atom is -0.377 e. The SMILES string of the molecule is CCOOC(=O)c1ccc(NC2CCCCC2)c([N+](=O)[O-])c1. The van der Waals surface area contributed by atoms with Crippen LogP contribution in [-0.2, 0) is 9.78 Å². The predicted molar refractivity (Wildman–Crippen MR) is 80.6 cm³/mol. The van der Waals surface area contributed by atoms with Crippen molar-refractivity contribution in [2.24, 2.45) is 0 Å². The molecule has 2 rings (SSSR count). The van der Waals surface area contributed by atoms with Gasteiger partial charge in [0.2, 0.25) is 0 Å². The van der Waals surface area contributed by atoms with Gasteiger partial charge in [0.25, 0.3) is 5.69 Å². The Morgan fingerprint density at radius 2 is 2.09 bits per heavy atom. The van der Waals surface area contributed by atoms with Gasteiger partial charge in [-0.15, -0.1) is 0 Å². The molecule has 0 amide bonds. The molecule has 120 valence electrons. The van der Waals surface area contributed by atoms with E-state index in [1.165, 1.54) is 18.6 Å². The molecule has 1 aromatic rings. The smallest absolute Gasteiger partial charge is 0.373 e. The molecule has 22 heavy (non-hydrogen) atoms. The van der Waals surface area contributed by atoms with Gasteiger partial charge in [-0.2, -0.15) is 4.89 Å². The van der Waals surface area contributed by atoms with Crippen molar-refractivity contribution in [3.05, 3.63) is 33.9 Å². The number of hydrogen-bond donors (Lipinski definition) is 1. The number of nitrogens with zero attached hydrogens (tertiary/aromatic N) is 1. The maximum atomic E-state index is 11.7. The number of carbonyl (C=O) groups excluding carboxylic acids is 1. The van der Waals surface area contributed by atoms with E-state index in [-0.39, 0.29) is 23.9 Å². The van der Waals surface area contributed by atoms with Crippen molar-refractivity contribution in [1.82, 2.24) is 0 Å². The second-order valence-electron chi connectivity index (χ2n) is 5.25. The fraction of sp³-hybridized carbons (Fsp3) is 0.533. The summed E-state index contributed by atoms with van der Waals surface area (Å²) in [5, 5.41) is 14.4. The maximum absolute atomic E-state index is 11.7. The molecule has 0 spiro atoms. The van der Waals surface area contributed by atoms with Gasteiger partial charge in [0.1, 0.15) is 5.69 Å². The van der Waals surface area contributed by atoms with Crippen LogP contribution in [0.4, 0.5) is 11.4 Å². The van der Waals surface area contributed by atoms with Gasteiger partial charge >= 0.3 is 5.97 Å². The second-order valence-corrected chi connectivity index (χ2v) is 5.25. The molecule has 0 atom stereocenters. The Hall–Kier alpha value is -2.15. The van der Waals surface area contributed by atoms with Gasteiger partial charge in [-0.3, -0.25) is 15.0 Å². The zero-order valence-electron chi connectivity index (χ0n) is 12.5. The molecule has 1 aliphatic carbocycles. The van der Waals surface area contributed by atoms with Crippen molar-refractivity contribution in [2.45, 2.75) is 45.1 Å². The molecule has 1 aromatic carbocycles. The lowest BCUT2D eigenvalue weighted by molar-refractivity contribution is -0.384. The summed E-state index contributed by atoms with van der Waals surface area (Å²) in [7, 11) is 0. The van der Waals surface area contributed by atoms with Crippen molar-refractivity contribution in [1.29, 1.82) is 0 Å². The first kappa shape index (κ1) is 16.2. The van der Waals surface area contributed by atoms with Crippen LogP contribution in [0.15, 0.2) is 18.2 Å². The minimum absolute atomic E-state index is 0.0920. The van der Waals surface area contributed by atoms with Gasteiger partial charge in [-0.25, -0.2) is 4.79 Å². The number of anilines is 1. The van der Waals surface area contributed by atoms with Crippen LogP contribution in [0.1, 0.15) is 49.4 Å². The van der Waals surface area contributed by atoms with Crippen LogP contribution in [0.2, 0.25) is 0 Å². The molecule has 7 nitrogen and oxygen atoms in total. The van der Waals surface area contributed by atoms with Crippen molar-refractivity contribution in [3.8, 4) is 0 Å². The van der Waals surface area contributed by atoms with Crippen LogP contribution in [0.5, 0.6) is 0 Å². The van der Waals surface area contributed by atoms with E-state index in [2.05, 4.69) is 15.1 Å². The summed E-state index contributed by atoms with van der Waals surface area (Å²) in [6.07, 6.45) is 5.48. The molecular formula is C15H20N2O5. The zero-order valence-corrected chi connectivity index (χ0v) is 12.5. The molecule has 1 N–H and O–H groups in total. The highest BCUT2D eigenvalue weighted by Gasteiger charge is 2.21. The van der Waals surface area contributed by atoms with E-state index >= 15 is 0 Å². The molecule has 0 aromatic heterocycles. The Morgan fingerprint density at radius 1 is 1.36 bits per heavy atom. The third-order valence-corrected chi connectivity index (χ3v) is 3.65. The predicted octanol–water partition coefficient (Wildman–Crippen LogP) is 3.45. The van der Waals surface area contributed by atoms with E-state index in [9.17, 15) is 14.9 Å². The first-order valence-electron chi connectivity index (χ1n) is 7.50. The van der Waals surface area contributed by atoms with E-state index in [1.54, 1.807) is 13.0 Å². The molecule has 0 saturated heterocycles. The highest BCUT2D eigenvalue weighted by molar-refractivity contribution is 5.91. The topological polar surface area (TPSA) is 90.7 Å². The summed E-state index contributed by atoms with van der Waals surface area (Å²) in [6.45, 7) is 1.89. The van der Waals surface area contributed by atoms with Crippen molar-refractivity contribution < 1.29 is 19.5 Å². The lowest BCUT2D eigenvalue weighted by atomic mass is 9.95. The van der Waals surface area contributed by atoms with Crippen LogP contribution < -0.4 is 5.32 Å². The summed E-state index contributed by atoms with van der Waals surface area (Å²) in [5.41, 5.74) is 0.399. The van der Waals surface area contributed by atoms with Gasteiger partial charge in [-0.1, -0.05) is 19.3 Å². The Balaban J connectivity index is 2.16. The van der Waals surface area contributed by atoms with E-state index in [0.717, 1.165) is 25.7 Å². The molecule has 1 saturated carbocycles. The molecule has 0 aliphatic heterocycles. The number of nitro benzene ring substituents is 1. The molecule has 0 bridgehead atoms. The standard InChI is InChI=1S/C15H20N2O5/c1-2-21-22-15(18)11-8-9-13(14(10-11)17(19)20)16-12-6-4-3-5-7-12/h8-10,12,16H,2-7H2,1H3. The quantitative estimate of drug-likeness (QED) is 0.492. The lowest BCUT2D eigenvalue weighted by Gasteiger charge is -2.23. The van der Waals surface area contributed by atoms with Crippen LogP contribution >= 0.6 is 0 Å². The van der Waals surface area contributed by atoms with E-state index in [1.807, 2.05) is 0 Å². The molecule has 1 fully saturated rings. The highest BCUT2D eigenvalue weighted by Crippen LogP contribution is 2.29. The van der Waals surface area contributed by atoms with E-state index in [0.29, 0.717) is 5.69 Å². The van der Waals surface area contributed by atoms with E-state index in [4.69, 9.17) is 0 Å². The summed E-state index contributed by atoms with van der Waals surface area (Å²) >= 11 is 0. The summed E-state index contributed by atoms with van der Waals surface area (Å²) in [5.74, 6) is -0.742. The van der Waals surface area contributed by atoms with Gasteiger partial charge in [0.15, 0.2) is 0 Å². The van der Waals surface area contributed by atoms with Crippen molar-refractivity contribution in [2.75, 3.05) is 11.9 Å². The van der Waals surface area contributed by atoms with Crippen LogP contribution in [-0.4, -0.2) is 23.5 Å². The van der Waals surface area contributed by atoms with Gasteiger partial charge in [0.05, 0.1) is 17.1 Å². The molecule has 0 heterocycles. The zero-order chi connectivity index (χ0) is 15.9. The number of carbonyl (C=O) groups is 1. The third kappa shape index (κ3) is 4.17. The number of nitrogens with one attached hydrogen (secondary N) is 1. The van der Waals surface area contributed by atoms with E-state index < -0.39 is 10.9 Å². The molecule has 7 heteroatoms. The van der Waals surface area contributed by atoms with Crippen molar-refractivity contribution >= 4 is 17.3 Å². The normalized spacial score (nSPS) is 15.3. The average molecular weight is 308 g/mol. The molecule has 0 unspecified atom stereocenters. The third-order valence-electron chi connectivity index (χ3n) is 3.65. The second kappa shape index (κ2) is 7.74. The largest absolute Gasteiger partial charge is 0.377 e. The van der Waals surface area contributed by atoms with Crippen molar-refractivity contribution in [3.63, 3.8) is 0 Å². The summed E-state index contributed by atoms with van der Waals surface area (Å²) < 4.78 is 0. The Morgan fingerprint density at radius 3 is 2.73 bits per heavy atom. The summed E-state index contributed by atoms with van der Waals surface area (Å²) in [4.78, 5) is 31.5. The molecule has 1 aliphatic rings. The average Bonchev–Trinajstić information content (AvgIpc) is 2.53. The highest BCUT2D eigenvalue weighted by atomic mass is 17.2. The monoisotopic (exact) mass is 308 g/mol. The Bertz CT molecular complexity index is 541. The van der Waals surface area contributed by atoms with Gasteiger partial charge < -0.3 is 5.32 Å². The van der Waals surface area contributed by atoms with Gasteiger partial charge in [0, 0.05) is 12.1 Å². The first-order chi connectivity index (χ1) is 10.6. The maximum Gasteiger partial charge on any atom is 0.373 e. The number of nitro groups is 1. The van der Waals surface area contributed by atoms with Gasteiger partial charge in [-0.05, 0) is 31.9 Å². The minimum atomic E-state index is -0.742. The Kier molecular flexibility index (Phi) is 5.71. The Labute approximate surface area is 128 Å². The summed E-state index contributed by atoms with van der Waals surface area (Å²) in [6, 6.07) is 4.51. The fourth-order valence-electron chi connectivity index (χ4n) is 2.56. The number of hydrogen-bond acceptors (Lipinski definition) is 6. The molecule has 0 radical (unpaired) electrons. The van der Waals surface area contributed by atoms with Crippen LogP contribution in [0.3, 0.4) is 0 Å². The fourth-order valence-corrected chi connectivity index (χ4v) is 2.56. The van der Waals surface area contributed by atoms with Crippen LogP contribution in [0.25, 0.3) is 0 Å². The number of rotatable bonds is 6. The lowest BCUT2D eigenvalue weighted by Crippen LogP contribution is -2.22.